The smallest absolute Gasteiger partial charge is 0.278 e. The Morgan fingerprint density at radius 1 is 0.816 bits per heavy atom. The van der Waals surface area contributed by atoms with E-state index in [-0.39, 0.29) is 30.1 Å². The van der Waals surface area contributed by atoms with Crippen LogP contribution in [0.15, 0.2) is 72.8 Å². The second kappa shape index (κ2) is 10.4. The van der Waals surface area contributed by atoms with Crippen LogP contribution in [0.1, 0.15) is 31.1 Å². The van der Waals surface area contributed by atoms with Gasteiger partial charge in [-0.1, -0.05) is 30.3 Å². The van der Waals surface area contributed by atoms with Crippen LogP contribution in [-0.2, 0) is 0 Å². The van der Waals surface area contributed by atoms with Crippen LogP contribution in [0, 0.1) is 5.82 Å². The van der Waals surface area contributed by atoms with Gasteiger partial charge in [0.05, 0.1) is 16.6 Å². The first-order valence-corrected chi connectivity index (χ1v) is 12.2. The van der Waals surface area contributed by atoms with Gasteiger partial charge in [-0.25, -0.2) is 4.39 Å². The summed E-state index contributed by atoms with van der Waals surface area (Å²) in [5.41, 5.74) is 1.82. The summed E-state index contributed by atoms with van der Waals surface area (Å²) < 4.78 is 15.4. The average Bonchev–Trinajstić information content (AvgIpc) is 3.42. The molecule has 2 aliphatic rings. The van der Waals surface area contributed by atoms with Crippen molar-refractivity contribution in [1.82, 2.24) is 19.6 Å². The molecule has 0 N–H and O–H groups in total. The molecule has 3 aromatic carbocycles. The molecule has 8 nitrogen and oxygen atoms in total. The van der Waals surface area contributed by atoms with Crippen LogP contribution in [0.3, 0.4) is 0 Å². The van der Waals surface area contributed by atoms with Gasteiger partial charge < -0.3 is 4.90 Å². The maximum Gasteiger partial charge on any atom is 0.278 e. The molecule has 2 aliphatic heterocycles. The SMILES string of the molecule is Cl.O=C1c2ccccc2C(=O)N1CCN1CCN(c2nn(C(=O)c3ccccc3)c3cc(F)ccc23)CC1. The average molecular weight is 534 g/mol. The van der Waals surface area contributed by atoms with Gasteiger partial charge in [0.1, 0.15) is 5.82 Å². The maximum absolute atomic E-state index is 14.1. The minimum absolute atomic E-state index is 0. The molecule has 38 heavy (non-hydrogen) atoms. The molecule has 10 heteroatoms. The molecule has 0 bridgehead atoms. The Morgan fingerprint density at radius 3 is 2.11 bits per heavy atom. The predicted molar refractivity (Wildman–Crippen MR) is 144 cm³/mol. The highest BCUT2D eigenvalue weighted by molar-refractivity contribution is 6.21. The Balaban J connectivity index is 0.00000294. The van der Waals surface area contributed by atoms with Crippen molar-refractivity contribution in [2.24, 2.45) is 0 Å². The summed E-state index contributed by atoms with van der Waals surface area (Å²) in [4.78, 5) is 44.0. The van der Waals surface area contributed by atoms with E-state index in [9.17, 15) is 18.8 Å². The zero-order valence-corrected chi connectivity index (χ0v) is 21.2. The van der Waals surface area contributed by atoms with Gasteiger partial charge in [0.25, 0.3) is 17.7 Å². The number of piperazine rings is 1. The van der Waals surface area contributed by atoms with Crippen LogP contribution in [0.2, 0.25) is 0 Å². The van der Waals surface area contributed by atoms with Gasteiger partial charge in [-0.15, -0.1) is 17.5 Å². The zero-order chi connectivity index (χ0) is 25.5. The second-order valence-electron chi connectivity index (χ2n) is 9.20. The van der Waals surface area contributed by atoms with Gasteiger partial charge in [0.2, 0.25) is 0 Å². The van der Waals surface area contributed by atoms with Crippen molar-refractivity contribution in [2.75, 3.05) is 44.2 Å². The van der Waals surface area contributed by atoms with Gasteiger partial charge in [0.15, 0.2) is 5.82 Å². The summed E-state index contributed by atoms with van der Waals surface area (Å²) in [6.45, 7) is 3.59. The molecule has 4 aromatic rings. The number of hydrogen-bond donors (Lipinski definition) is 0. The van der Waals surface area contributed by atoms with Crippen molar-refractivity contribution in [2.45, 2.75) is 0 Å². The Labute approximate surface area is 224 Å². The lowest BCUT2D eigenvalue weighted by atomic mass is 10.1. The minimum atomic E-state index is -0.431. The van der Waals surface area contributed by atoms with Crippen molar-refractivity contribution < 1.29 is 18.8 Å². The van der Waals surface area contributed by atoms with Crippen LogP contribution in [0.25, 0.3) is 10.9 Å². The molecule has 0 spiro atoms. The second-order valence-corrected chi connectivity index (χ2v) is 9.20. The number of rotatable bonds is 5. The Bertz CT molecular complexity index is 1500. The van der Waals surface area contributed by atoms with Gasteiger partial charge >= 0.3 is 0 Å². The normalized spacial score (nSPS) is 15.6. The number of benzene rings is 3. The third kappa shape index (κ3) is 4.44. The van der Waals surface area contributed by atoms with Crippen molar-refractivity contribution in [3.63, 3.8) is 0 Å². The number of halogens is 2. The van der Waals surface area contributed by atoms with Crippen LogP contribution in [-0.4, -0.2) is 76.6 Å². The first-order valence-electron chi connectivity index (χ1n) is 12.2. The molecule has 194 valence electrons. The quantitative estimate of drug-likeness (QED) is 0.364. The molecule has 1 saturated heterocycles. The summed E-state index contributed by atoms with van der Waals surface area (Å²) in [6.07, 6.45) is 0. The number of carbonyl (C=O) groups is 3. The van der Waals surface area contributed by atoms with Gasteiger partial charge in [-0.3, -0.25) is 24.2 Å². The van der Waals surface area contributed by atoms with E-state index in [1.165, 1.54) is 21.7 Å². The van der Waals surface area contributed by atoms with Gasteiger partial charge in [-0.05, 0) is 36.4 Å². The number of aromatic nitrogens is 2. The molecule has 0 radical (unpaired) electrons. The van der Waals surface area contributed by atoms with E-state index in [0.717, 1.165) is 0 Å². The standard InChI is InChI=1S/C28H24FN5O3.ClH/c29-20-10-11-23-24(18-20)34(26(35)19-6-2-1-3-7-19)30-25(23)32-15-12-31(13-16-32)14-17-33-27(36)21-8-4-5-9-22(21)28(33)37;/h1-11,18H,12-17H2;1H. The third-order valence-electron chi connectivity index (χ3n) is 7.03. The van der Waals surface area contributed by atoms with Gasteiger partial charge in [0, 0.05) is 56.3 Å². The summed E-state index contributed by atoms with van der Waals surface area (Å²) in [5, 5.41) is 5.33. The Kier molecular flexibility index (Phi) is 6.96. The highest BCUT2D eigenvalue weighted by atomic mass is 35.5. The highest BCUT2D eigenvalue weighted by Gasteiger charge is 2.35. The van der Waals surface area contributed by atoms with E-state index < -0.39 is 5.82 Å². The number of hydrogen-bond acceptors (Lipinski definition) is 6. The van der Waals surface area contributed by atoms with Gasteiger partial charge in [-0.2, -0.15) is 4.68 Å². The summed E-state index contributed by atoms with van der Waals surface area (Å²) in [7, 11) is 0. The van der Waals surface area contributed by atoms with Crippen molar-refractivity contribution >= 4 is 46.8 Å². The number of nitrogens with zero attached hydrogens (tertiary/aromatic N) is 5. The molecule has 0 atom stereocenters. The number of imide groups is 1. The Hall–Kier alpha value is -4.08. The lowest BCUT2D eigenvalue weighted by molar-refractivity contribution is 0.0634. The first-order chi connectivity index (χ1) is 18.0. The molecule has 0 unspecified atom stereocenters. The lowest BCUT2D eigenvalue weighted by Gasteiger charge is -2.35. The van der Waals surface area contributed by atoms with E-state index in [1.807, 2.05) is 6.07 Å². The fraction of sp³-hybridized carbons (Fsp3) is 0.214. The van der Waals surface area contributed by atoms with Crippen LogP contribution in [0.5, 0.6) is 0 Å². The third-order valence-corrected chi connectivity index (χ3v) is 7.03. The first kappa shape index (κ1) is 25.6. The fourth-order valence-electron chi connectivity index (χ4n) is 5.03. The molecule has 0 aliphatic carbocycles. The molecule has 2 amide bonds. The molecular formula is C28H25ClFN5O3. The van der Waals surface area contributed by atoms with E-state index in [4.69, 9.17) is 0 Å². The van der Waals surface area contributed by atoms with Crippen LogP contribution in [0.4, 0.5) is 10.2 Å². The molecule has 6 rings (SSSR count). The van der Waals surface area contributed by atoms with E-state index in [1.54, 1.807) is 54.6 Å². The molecule has 0 saturated carbocycles. The van der Waals surface area contributed by atoms with Crippen molar-refractivity contribution in [3.05, 3.63) is 95.3 Å². The molecule has 1 fully saturated rings. The number of amides is 2. The Morgan fingerprint density at radius 2 is 1.45 bits per heavy atom. The fourth-order valence-corrected chi connectivity index (χ4v) is 5.03. The summed E-state index contributed by atoms with van der Waals surface area (Å²) in [6, 6.07) is 20.1. The topological polar surface area (TPSA) is 78.8 Å². The lowest BCUT2D eigenvalue weighted by Crippen LogP contribution is -2.49. The number of carbonyl (C=O) groups excluding carboxylic acids is 3. The molecule has 1 aromatic heterocycles. The van der Waals surface area contributed by atoms with Crippen molar-refractivity contribution in [1.29, 1.82) is 0 Å². The van der Waals surface area contributed by atoms with E-state index in [0.29, 0.717) is 72.7 Å². The molecular weight excluding hydrogens is 509 g/mol. The number of fused-ring (bicyclic) bond motifs is 2. The van der Waals surface area contributed by atoms with E-state index >= 15 is 0 Å². The highest BCUT2D eigenvalue weighted by Crippen LogP contribution is 2.29. The minimum Gasteiger partial charge on any atom is -0.352 e. The summed E-state index contributed by atoms with van der Waals surface area (Å²) >= 11 is 0. The van der Waals surface area contributed by atoms with Crippen molar-refractivity contribution in [3.8, 4) is 0 Å². The van der Waals surface area contributed by atoms with Crippen LogP contribution < -0.4 is 4.90 Å². The predicted octanol–water partition coefficient (Wildman–Crippen LogP) is 3.70. The van der Waals surface area contributed by atoms with E-state index in [2.05, 4.69) is 14.9 Å². The number of anilines is 1. The molecule has 3 heterocycles. The largest absolute Gasteiger partial charge is 0.352 e. The van der Waals surface area contributed by atoms with Crippen LogP contribution >= 0.6 is 12.4 Å². The maximum atomic E-state index is 14.1. The zero-order valence-electron chi connectivity index (χ0n) is 20.4. The summed E-state index contributed by atoms with van der Waals surface area (Å²) in [5.74, 6) is -0.599. The monoisotopic (exact) mass is 533 g/mol.